The second kappa shape index (κ2) is 6.78. The van der Waals surface area contributed by atoms with Crippen molar-refractivity contribution in [2.75, 3.05) is 12.9 Å². The second-order valence-electron chi connectivity index (χ2n) is 4.47. The van der Waals surface area contributed by atoms with Crippen molar-refractivity contribution >= 4 is 10.8 Å². The van der Waals surface area contributed by atoms with Gasteiger partial charge in [-0.3, -0.25) is 4.21 Å². The molecule has 2 aromatic carbocycles. The van der Waals surface area contributed by atoms with Crippen LogP contribution in [-0.2, 0) is 10.8 Å². The fourth-order valence-electron chi connectivity index (χ4n) is 1.86. The van der Waals surface area contributed by atoms with Crippen molar-refractivity contribution in [3.05, 3.63) is 59.7 Å². The first kappa shape index (κ1) is 15.6. The van der Waals surface area contributed by atoms with Crippen LogP contribution in [0.5, 0.6) is 5.75 Å². The van der Waals surface area contributed by atoms with E-state index in [2.05, 4.69) is 0 Å². The maximum atomic E-state index is 13.6. The Bertz CT molecular complexity index is 647. The molecule has 21 heavy (non-hydrogen) atoms. The first-order valence-corrected chi connectivity index (χ1v) is 7.56. The molecule has 0 fully saturated rings. The Kier molecular flexibility index (Phi) is 5.03. The van der Waals surface area contributed by atoms with Crippen LogP contribution < -0.4 is 10.5 Å². The van der Waals surface area contributed by atoms with E-state index < -0.39 is 28.5 Å². The van der Waals surface area contributed by atoms with Crippen molar-refractivity contribution in [2.24, 2.45) is 5.73 Å². The van der Waals surface area contributed by atoms with Crippen LogP contribution in [0.1, 0.15) is 11.6 Å². The highest BCUT2D eigenvalue weighted by molar-refractivity contribution is 7.85. The highest BCUT2D eigenvalue weighted by Crippen LogP contribution is 2.20. The van der Waals surface area contributed by atoms with Crippen molar-refractivity contribution in [3.63, 3.8) is 0 Å². The summed E-state index contributed by atoms with van der Waals surface area (Å²) in [4.78, 5) is -0.0413. The Morgan fingerprint density at radius 2 is 1.86 bits per heavy atom. The van der Waals surface area contributed by atoms with Crippen molar-refractivity contribution in [1.29, 1.82) is 0 Å². The fraction of sp³-hybridized carbons (Fsp3) is 0.200. The number of rotatable bonds is 5. The SMILES string of the molecule is COc1ccc(C(N)CS(=O)c2ccc(F)cc2F)cc1. The normalized spacial score (nSPS) is 13.7. The third-order valence-electron chi connectivity index (χ3n) is 3.01. The number of ether oxygens (including phenoxy) is 1. The van der Waals surface area contributed by atoms with Gasteiger partial charge in [0.25, 0.3) is 0 Å². The number of nitrogens with two attached hydrogens (primary N) is 1. The molecule has 0 heterocycles. The number of benzene rings is 2. The predicted octanol–water partition coefficient (Wildman–Crippen LogP) is 2.78. The molecule has 2 unspecified atom stereocenters. The van der Waals surface area contributed by atoms with Crippen molar-refractivity contribution in [1.82, 2.24) is 0 Å². The zero-order valence-corrected chi connectivity index (χ0v) is 12.2. The number of hydrogen-bond donors (Lipinski definition) is 1. The molecular formula is C15H15F2NO2S. The van der Waals surface area contributed by atoms with E-state index in [1.165, 1.54) is 6.07 Å². The summed E-state index contributed by atoms with van der Waals surface area (Å²) in [5.41, 5.74) is 6.74. The molecule has 0 radical (unpaired) electrons. The van der Waals surface area contributed by atoms with Gasteiger partial charge in [0.2, 0.25) is 0 Å². The monoisotopic (exact) mass is 311 g/mol. The molecule has 2 aromatic rings. The summed E-state index contributed by atoms with van der Waals surface area (Å²) in [7, 11) is -0.0820. The van der Waals surface area contributed by atoms with E-state index in [9.17, 15) is 13.0 Å². The van der Waals surface area contributed by atoms with Crippen LogP contribution in [0.3, 0.4) is 0 Å². The first-order valence-electron chi connectivity index (χ1n) is 6.24. The third-order valence-corrected chi connectivity index (χ3v) is 4.50. The van der Waals surface area contributed by atoms with Gasteiger partial charge in [-0.1, -0.05) is 12.1 Å². The largest absolute Gasteiger partial charge is 0.497 e. The van der Waals surface area contributed by atoms with Gasteiger partial charge in [-0.15, -0.1) is 0 Å². The van der Waals surface area contributed by atoms with Gasteiger partial charge in [-0.25, -0.2) is 8.78 Å². The molecule has 0 aliphatic carbocycles. The maximum Gasteiger partial charge on any atom is 0.142 e. The lowest BCUT2D eigenvalue weighted by atomic mass is 10.1. The van der Waals surface area contributed by atoms with Gasteiger partial charge in [0, 0.05) is 17.9 Å². The average Bonchev–Trinajstić information content (AvgIpc) is 2.47. The highest BCUT2D eigenvalue weighted by atomic mass is 32.2. The molecule has 3 nitrogen and oxygen atoms in total. The first-order chi connectivity index (χ1) is 10.0. The molecule has 0 saturated heterocycles. The molecule has 0 aliphatic rings. The summed E-state index contributed by atoms with van der Waals surface area (Å²) in [6.45, 7) is 0. The molecule has 112 valence electrons. The predicted molar refractivity (Wildman–Crippen MR) is 77.6 cm³/mol. The lowest BCUT2D eigenvalue weighted by Gasteiger charge is -2.12. The Labute approximate surface area is 124 Å². The summed E-state index contributed by atoms with van der Waals surface area (Å²) in [5, 5.41) is 0. The van der Waals surface area contributed by atoms with Gasteiger partial charge in [-0.05, 0) is 29.8 Å². The van der Waals surface area contributed by atoms with Crippen LogP contribution in [0.25, 0.3) is 0 Å². The van der Waals surface area contributed by atoms with E-state index in [0.29, 0.717) is 11.8 Å². The molecule has 0 aliphatic heterocycles. The maximum absolute atomic E-state index is 13.6. The van der Waals surface area contributed by atoms with Crippen LogP contribution in [-0.4, -0.2) is 17.1 Å². The van der Waals surface area contributed by atoms with Crippen LogP contribution in [0.15, 0.2) is 47.4 Å². The van der Waals surface area contributed by atoms with Crippen LogP contribution in [0.4, 0.5) is 8.78 Å². The topological polar surface area (TPSA) is 52.3 Å². The van der Waals surface area contributed by atoms with Crippen LogP contribution in [0.2, 0.25) is 0 Å². The van der Waals surface area contributed by atoms with Crippen molar-refractivity contribution in [3.8, 4) is 5.75 Å². The van der Waals surface area contributed by atoms with Gasteiger partial charge in [-0.2, -0.15) is 0 Å². The lowest BCUT2D eigenvalue weighted by molar-refractivity contribution is 0.414. The second-order valence-corrected chi connectivity index (χ2v) is 5.93. The molecule has 0 spiro atoms. The van der Waals surface area contributed by atoms with Crippen molar-refractivity contribution in [2.45, 2.75) is 10.9 Å². The summed E-state index contributed by atoms with van der Waals surface area (Å²) in [6, 6.07) is 9.49. The zero-order valence-electron chi connectivity index (χ0n) is 11.4. The molecule has 0 bridgehead atoms. The Hall–Kier alpha value is -1.79. The summed E-state index contributed by atoms with van der Waals surface area (Å²) in [6.07, 6.45) is 0. The van der Waals surface area contributed by atoms with Crippen molar-refractivity contribution < 1.29 is 17.7 Å². The minimum Gasteiger partial charge on any atom is -0.497 e. The molecule has 2 atom stereocenters. The molecule has 0 saturated carbocycles. The molecule has 6 heteroatoms. The molecule has 0 aromatic heterocycles. The smallest absolute Gasteiger partial charge is 0.142 e. The van der Waals surface area contributed by atoms with E-state index >= 15 is 0 Å². The Morgan fingerprint density at radius 3 is 2.43 bits per heavy atom. The quantitative estimate of drug-likeness (QED) is 0.924. The van der Waals surface area contributed by atoms with Crippen LogP contribution in [0, 0.1) is 11.6 Å². The van der Waals surface area contributed by atoms with Gasteiger partial charge in [0.15, 0.2) is 0 Å². The fourth-order valence-corrected chi connectivity index (χ4v) is 3.05. The standard InChI is InChI=1S/C15H15F2NO2S/c1-20-12-5-2-10(3-6-12)14(18)9-21(19)15-7-4-11(16)8-13(15)17/h2-8,14H,9,18H2,1H3. The van der Waals surface area contributed by atoms with E-state index in [4.69, 9.17) is 10.5 Å². The molecular weight excluding hydrogens is 296 g/mol. The average molecular weight is 311 g/mol. The van der Waals surface area contributed by atoms with E-state index in [1.807, 2.05) is 0 Å². The van der Waals surface area contributed by atoms with E-state index in [1.54, 1.807) is 31.4 Å². The Balaban J connectivity index is 2.10. The number of hydrogen-bond acceptors (Lipinski definition) is 3. The van der Waals surface area contributed by atoms with Gasteiger partial charge < -0.3 is 10.5 Å². The lowest BCUT2D eigenvalue weighted by Crippen LogP contribution is -2.18. The minimum atomic E-state index is -1.64. The summed E-state index contributed by atoms with van der Waals surface area (Å²) in [5.74, 6) is -0.783. The van der Waals surface area contributed by atoms with Crippen LogP contribution >= 0.6 is 0 Å². The zero-order chi connectivity index (χ0) is 15.4. The Morgan fingerprint density at radius 1 is 1.19 bits per heavy atom. The third kappa shape index (κ3) is 3.86. The highest BCUT2D eigenvalue weighted by Gasteiger charge is 2.16. The minimum absolute atomic E-state index is 0.0413. The van der Waals surface area contributed by atoms with E-state index in [-0.39, 0.29) is 10.6 Å². The number of methoxy groups -OCH3 is 1. The summed E-state index contributed by atoms with van der Waals surface area (Å²) < 4.78 is 43.6. The molecule has 2 rings (SSSR count). The van der Waals surface area contributed by atoms with Gasteiger partial charge in [0.05, 0.1) is 22.8 Å². The molecule has 0 amide bonds. The van der Waals surface area contributed by atoms with Gasteiger partial charge >= 0.3 is 0 Å². The summed E-state index contributed by atoms with van der Waals surface area (Å²) >= 11 is 0. The number of halogens is 2. The van der Waals surface area contributed by atoms with Gasteiger partial charge in [0.1, 0.15) is 17.4 Å². The molecule has 2 N–H and O–H groups in total. The van der Waals surface area contributed by atoms with E-state index in [0.717, 1.165) is 11.6 Å².